The number of nitrogens with one attached hydrogen (secondary N) is 2. The zero-order valence-electron chi connectivity index (χ0n) is 13.1. The van der Waals surface area contributed by atoms with E-state index >= 15 is 0 Å². The van der Waals surface area contributed by atoms with E-state index in [1.165, 1.54) is 12.1 Å². The van der Waals surface area contributed by atoms with E-state index in [1.54, 1.807) is 24.4 Å². The number of hydrogen-bond donors (Lipinski definition) is 2. The Balaban J connectivity index is 1.53. The van der Waals surface area contributed by atoms with E-state index in [4.69, 9.17) is 0 Å². The molecule has 1 fully saturated rings. The molecule has 124 valence electrons. The van der Waals surface area contributed by atoms with E-state index in [1.807, 2.05) is 12.1 Å². The molecule has 0 radical (unpaired) electrons. The van der Waals surface area contributed by atoms with Gasteiger partial charge in [-0.05, 0) is 42.7 Å². The summed E-state index contributed by atoms with van der Waals surface area (Å²) in [6.07, 6.45) is 2.73. The third-order valence-corrected chi connectivity index (χ3v) is 4.14. The average Bonchev–Trinajstić information content (AvgIpc) is 3.42. The van der Waals surface area contributed by atoms with Crippen LogP contribution in [0.5, 0.6) is 0 Å². The maximum absolute atomic E-state index is 12.9. The van der Waals surface area contributed by atoms with E-state index in [-0.39, 0.29) is 24.2 Å². The fraction of sp³-hybridized carbons (Fsp3) is 0.278. The van der Waals surface area contributed by atoms with Crippen molar-refractivity contribution in [1.82, 2.24) is 15.6 Å². The second-order valence-corrected chi connectivity index (χ2v) is 5.90. The van der Waals surface area contributed by atoms with Crippen molar-refractivity contribution in [1.29, 1.82) is 0 Å². The number of rotatable bonds is 6. The fourth-order valence-electron chi connectivity index (χ4n) is 2.48. The minimum absolute atomic E-state index is 0.272. The molecule has 2 amide bonds. The van der Waals surface area contributed by atoms with Gasteiger partial charge in [-0.25, -0.2) is 4.39 Å². The van der Waals surface area contributed by atoms with Gasteiger partial charge in [0, 0.05) is 12.7 Å². The molecule has 1 aromatic heterocycles. The predicted octanol–water partition coefficient (Wildman–Crippen LogP) is 1.93. The summed E-state index contributed by atoms with van der Waals surface area (Å²) in [7, 11) is 0. The summed E-state index contributed by atoms with van der Waals surface area (Å²) >= 11 is 0. The largest absolute Gasteiger partial charge is 0.351 e. The number of aromatic nitrogens is 1. The molecule has 5 nitrogen and oxygen atoms in total. The zero-order chi connectivity index (χ0) is 17.0. The van der Waals surface area contributed by atoms with Gasteiger partial charge in [0.15, 0.2) is 0 Å². The summed E-state index contributed by atoms with van der Waals surface area (Å²) < 4.78 is 12.9. The molecular weight excluding hydrogens is 309 g/mol. The van der Waals surface area contributed by atoms with Crippen LogP contribution >= 0.6 is 0 Å². The van der Waals surface area contributed by atoms with E-state index in [0.29, 0.717) is 19.4 Å². The normalized spacial score (nSPS) is 14.7. The van der Waals surface area contributed by atoms with E-state index in [2.05, 4.69) is 15.6 Å². The van der Waals surface area contributed by atoms with Crippen LogP contribution in [0.4, 0.5) is 4.39 Å². The van der Waals surface area contributed by atoms with Crippen molar-refractivity contribution in [2.75, 3.05) is 0 Å². The monoisotopic (exact) mass is 327 g/mol. The highest BCUT2D eigenvalue weighted by Crippen LogP contribution is 2.46. The van der Waals surface area contributed by atoms with Gasteiger partial charge in [0.2, 0.25) is 11.8 Å². The third kappa shape index (κ3) is 3.59. The van der Waals surface area contributed by atoms with Crippen LogP contribution < -0.4 is 10.6 Å². The van der Waals surface area contributed by atoms with Gasteiger partial charge in [-0.1, -0.05) is 18.2 Å². The van der Waals surface area contributed by atoms with Crippen molar-refractivity contribution in [2.24, 2.45) is 5.41 Å². The summed E-state index contributed by atoms with van der Waals surface area (Å²) in [6.45, 7) is 0.570. The van der Waals surface area contributed by atoms with Gasteiger partial charge >= 0.3 is 0 Å². The summed E-state index contributed by atoms with van der Waals surface area (Å²) in [5.41, 5.74) is 0.553. The van der Waals surface area contributed by atoms with Crippen LogP contribution in [0.15, 0.2) is 48.7 Å². The Bertz CT molecular complexity index is 728. The lowest BCUT2D eigenvalue weighted by molar-refractivity contribution is -0.137. The van der Waals surface area contributed by atoms with Gasteiger partial charge < -0.3 is 10.6 Å². The number of nitrogens with zero attached hydrogens (tertiary/aromatic N) is 1. The number of carbonyl (C=O) groups is 2. The summed E-state index contributed by atoms with van der Waals surface area (Å²) in [4.78, 5) is 28.8. The van der Waals surface area contributed by atoms with E-state index in [9.17, 15) is 14.0 Å². The molecule has 0 atom stereocenters. The quantitative estimate of drug-likeness (QED) is 0.797. The Kier molecular flexibility index (Phi) is 4.55. The van der Waals surface area contributed by atoms with Gasteiger partial charge in [-0.15, -0.1) is 0 Å². The number of amides is 2. The number of carbonyl (C=O) groups excluding carboxylic acids is 2. The van der Waals surface area contributed by atoms with Crippen molar-refractivity contribution in [3.63, 3.8) is 0 Å². The van der Waals surface area contributed by atoms with Gasteiger partial charge in [0.1, 0.15) is 11.2 Å². The minimum atomic E-state index is -0.977. The number of halogens is 1. The topological polar surface area (TPSA) is 71.1 Å². The van der Waals surface area contributed by atoms with Gasteiger partial charge in [-0.3, -0.25) is 14.6 Å². The number of benzene rings is 1. The van der Waals surface area contributed by atoms with E-state index in [0.717, 1.165) is 11.3 Å². The third-order valence-electron chi connectivity index (χ3n) is 4.14. The Hall–Kier alpha value is -2.76. The van der Waals surface area contributed by atoms with Crippen LogP contribution in [0.2, 0.25) is 0 Å². The molecule has 2 aromatic rings. The SMILES string of the molecule is O=C(NCc1ccc(F)cc1)C1(C(=O)NCc2ccccn2)CC1. The standard InChI is InChI=1S/C18H18FN3O2/c19-14-6-4-13(5-7-14)11-21-16(23)18(8-9-18)17(24)22-12-15-3-1-2-10-20-15/h1-7,10H,8-9,11-12H2,(H,21,23)(H,22,24). The van der Waals surface area contributed by atoms with Crippen LogP contribution in [0.3, 0.4) is 0 Å². The lowest BCUT2D eigenvalue weighted by Gasteiger charge is -2.15. The average molecular weight is 327 g/mol. The summed E-state index contributed by atoms with van der Waals surface area (Å²) in [5.74, 6) is -0.882. The first-order valence-electron chi connectivity index (χ1n) is 7.81. The van der Waals surface area contributed by atoms with Crippen LogP contribution in [0, 0.1) is 11.2 Å². The zero-order valence-corrected chi connectivity index (χ0v) is 13.1. The van der Waals surface area contributed by atoms with Crippen molar-refractivity contribution >= 4 is 11.8 Å². The van der Waals surface area contributed by atoms with Gasteiger partial charge in [0.25, 0.3) is 0 Å². The Morgan fingerprint density at radius 3 is 2.25 bits per heavy atom. The van der Waals surface area contributed by atoms with E-state index < -0.39 is 5.41 Å². The second kappa shape index (κ2) is 6.78. The van der Waals surface area contributed by atoms with Crippen molar-refractivity contribution < 1.29 is 14.0 Å². The summed E-state index contributed by atoms with van der Waals surface area (Å²) in [6, 6.07) is 11.4. The second-order valence-electron chi connectivity index (χ2n) is 5.90. The smallest absolute Gasteiger partial charge is 0.236 e. The first kappa shape index (κ1) is 16.1. The van der Waals surface area contributed by atoms with Crippen molar-refractivity contribution in [3.8, 4) is 0 Å². The molecule has 0 spiro atoms. The van der Waals surface area contributed by atoms with Crippen molar-refractivity contribution in [3.05, 3.63) is 65.7 Å². The predicted molar refractivity (Wildman–Crippen MR) is 86.0 cm³/mol. The van der Waals surface area contributed by atoms with Crippen LogP contribution in [0.1, 0.15) is 24.1 Å². The maximum atomic E-state index is 12.9. The molecule has 3 rings (SSSR count). The fourth-order valence-corrected chi connectivity index (χ4v) is 2.48. The molecule has 0 unspecified atom stereocenters. The highest BCUT2D eigenvalue weighted by atomic mass is 19.1. The molecule has 0 saturated heterocycles. The molecule has 1 aliphatic rings. The maximum Gasteiger partial charge on any atom is 0.236 e. The molecule has 0 bridgehead atoms. The Morgan fingerprint density at radius 2 is 1.67 bits per heavy atom. The molecule has 0 aliphatic heterocycles. The van der Waals surface area contributed by atoms with Crippen LogP contribution in [-0.2, 0) is 22.7 Å². The highest BCUT2D eigenvalue weighted by molar-refractivity contribution is 6.07. The van der Waals surface area contributed by atoms with Crippen LogP contribution in [-0.4, -0.2) is 16.8 Å². The lowest BCUT2D eigenvalue weighted by atomic mass is 10.0. The molecule has 1 aromatic carbocycles. The molecule has 2 N–H and O–H groups in total. The first-order valence-corrected chi connectivity index (χ1v) is 7.81. The van der Waals surface area contributed by atoms with Crippen molar-refractivity contribution in [2.45, 2.75) is 25.9 Å². The Labute approximate surface area is 139 Å². The van der Waals surface area contributed by atoms with Gasteiger partial charge in [-0.2, -0.15) is 0 Å². The molecule has 24 heavy (non-hydrogen) atoms. The lowest BCUT2D eigenvalue weighted by Crippen LogP contribution is -2.42. The summed E-state index contributed by atoms with van der Waals surface area (Å²) in [5, 5.41) is 5.54. The first-order chi connectivity index (χ1) is 11.6. The number of pyridine rings is 1. The molecule has 1 heterocycles. The Morgan fingerprint density at radius 1 is 1.00 bits per heavy atom. The van der Waals surface area contributed by atoms with Gasteiger partial charge in [0.05, 0.1) is 12.2 Å². The number of hydrogen-bond acceptors (Lipinski definition) is 3. The van der Waals surface area contributed by atoms with Crippen LogP contribution in [0.25, 0.3) is 0 Å². The molecule has 1 aliphatic carbocycles. The highest BCUT2D eigenvalue weighted by Gasteiger charge is 2.56. The molecule has 1 saturated carbocycles. The minimum Gasteiger partial charge on any atom is -0.351 e. The molecular formula is C18H18FN3O2. The molecule has 6 heteroatoms.